The van der Waals surface area contributed by atoms with Crippen LogP contribution >= 0.6 is 15.9 Å². The molecule has 3 aromatic heterocycles. The molecule has 0 saturated carbocycles. The molecule has 146 valence electrons. The maximum absolute atomic E-state index is 12.3. The molecule has 0 aliphatic carbocycles. The van der Waals surface area contributed by atoms with Crippen molar-refractivity contribution >= 4 is 21.9 Å². The minimum absolute atomic E-state index is 0.130. The molecule has 3 aromatic rings. The van der Waals surface area contributed by atoms with E-state index in [4.69, 9.17) is 0 Å². The molecule has 0 unspecified atom stereocenters. The number of H-pyrrole nitrogens is 1. The standard InChI is InChI=1S/C21H24BrN5O/c1-14-6-7-18(24-11-14)10-16-12-26-21(27-20(16)28)23-8-4-3-5-19-15(2)9-17(22)13-25-19/h6-7,9,11-13H,3-5,8,10H2,1-2H3,(H2,23,26,27,28). The van der Waals surface area contributed by atoms with Crippen LogP contribution in [0, 0.1) is 13.8 Å². The van der Waals surface area contributed by atoms with Gasteiger partial charge in [0, 0.05) is 53.0 Å². The fraction of sp³-hybridized carbons (Fsp3) is 0.333. The van der Waals surface area contributed by atoms with Crippen LogP contribution in [0.4, 0.5) is 5.95 Å². The second-order valence-corrected chi connectivity index (χ2v) is 7.81. The van der Waals surface area contributed by atoms with Crippen molar-refractivity contribution in [3.8, 4) is 0 Å². The maximum atomic E-state index is 12.3. The van der Waals surface area contributed by atoms with E-state index in [1.165, 1.54) is 5.56 Å². The Balaban J connectivity index is 1.46. The van der Waals surface area contributed by atoms with Gasteiger partial charge in [-0.25, -0.2) is 4.98 Å². The average molecular weight is 442 g/mol. The van der Waals surface area contributed by atoms with Gasteiger partial charge in [-0.1, -0.05) is 6.07 Å². The van der Waals surface area contributed by atoms with Crippen LogP contribution in [0.1, 0.15) is 40.9 Å². The molecular formula is C21H24BrN5O. The van der Waals surface area contributed by atoms with Crippen LogP contribution < -0.4 is 10.9 Å². The first-order chi connectivity index (χ1) is 13.5. The van der Waals surface area contributed by atoms with Crippen molar-refractivity contribution in [1.29, 1.82) is 0 Å². The minimum atomic E-state index is -0.130. The van der Waals surface area contributed by atoms with Crippen LogP contribution in [0.15, 0.2) is 46.1 Å². The minimum Gasteiger partial charge on any atom is -0.356 e. The van der Waals surface area contributed by atoms with Crippen molar-refractivity contribution in [1.82, 2.24) is 19.9 Å². The Morgan fingerprint density at radius 2 is 1.93 bits per heavy atom. The number of halogens is 1. The van der Waals surface area contributed by atoms with E-state index in [1.807, 2.05) is 25.3 Å². The Kier molecular flexibility index (Phi) is 6.92. The van der Waals surface area contributed by atoms with Crippen LogP contribution in [-0.2, 0) is 12.8 Å². The normalized spacial score (nSPS) is 10.8. The molecule has 3 rings (SSSR count). The molecule has 0 radical (unpaired) electrons. The number of aromatic nitrogens is 4. The summed E-state index contributed by atoms with van der Waals surface area (Å²) in [6.07, 6.45) is 8.66. The van der Waals surface area contributed by atoms with Crippen LogP contribution in [0.2, 0.25) is 0 Å². The van der Waals surface area contributed by atoms with Gasteiger partial charge < -0.3 is 5.32 Å². The SMILES string of the molecule is Cc1ccc(Cc2cnc(NCCCCc3ncc(Br)cc3C)[nH]c2=O)nc1. The summed E-state index contributed by atoms with van der Waals surface area (Å²) in [5.41, 5.74) is 4.76. The molecule has 6 nitrogen and oxygen atoms in total. The fourth-order valence-electron chi connectivity index (χ4n) is 2.89. The van der Waals surface area contributed by atoms with E-state index in [2.05, 4.69) is 54.2 Å². The number of aryl methyl sites for hydroxylation is 3. The van der Waals surface area contributed by atoms with E-state index in [0.29, 0.717) is 17.9 Å². The van der Waals surface area contributed by atoms with E-state index in [-0.39, 0.29) is 5.56 Å². The maximum Gasteiger partial charge on any atom is 0.255 e. The molecule has 0 bridgehead atoms. The van der Waals surface area contributed by atoms with Gasteiger partial charge >= 0.3 is 0 Å². The lowest BCUT2D eigenvalue weighted by Crippen LogP contribution is -2.18. The number of pyridine rings is 2. The van der Waals surface area contributed by atoms with Crippen molar-refractivity contribution in [2.24, 2.45) is 0 Å². The van der Waals surface area contributed by atoms with E-state index in [1.54, 1.807) is 12.4 Å². The zero-order valence-corrected chi connectivity index (χ0v) is 17.7. The fourth-order valence-corrected chi connectivity index (χ4v) is 3.34. The van der Waals surface area contributed by atoms with Crippen molar-refractivity contribution < 1.29 is 0 Å². The summed E-state index contributed by atoms with van der Waals surface area (Å²) >= 11 is 3.44. The number of hydrogen-bond donors (Lipinski definition) is 2. The molecule has 0 amide bonds. The van der Waals surface area contributed by atoms with Crippen molar-refractivity contribution in [2.45, 2.75) is 39.5 Å². The van der Waals surface area contributed by atoms with Crippen LogP contribution in [0.25, 0.3) is 0 Å². The third-order valence-electron chi connectivity index (χ3n) is 4.50. The van der Waals surface area contributed by atoms with Gasteiger partial charge in [0.2, 0.25) is 5.95 Å². The largest absolute Gasteiger partial charge is 0.356 e. The number of nitrogens with one attached hydrogen (secondary N) is 2. The molecule has 7 heteroatoms. The summed E-state index contributed by atoms with van der Waals surface area (Å²) in [6.45, 7) is 4.81. The molecule has 3 heterocycles. The number of hydrogen-bond acceptors (Lipinski definition) is 5. The molecular weight excluding hydrogens is 418 g/mol. The Hall–Kier alpha value is -2.54. The molecule has 0 aliphatic rings. The van der Waals surface area contributed by atoms with Gasteiger partial charge in [0.15, 0.2) is 0 Å². The first-order valence-corrected chi connectivity index (χ1v) is 10.1. The number of aromatic amines is 1. The van der Waals surface area contributed by atoms with E-state index in [9.17, 15) is 4.79 Å². The molecule has 2 N–H and O–H groups in total. The molecule has 0 aromatic carbocycles. The molecule has 0 aliphatic heterocycles. The summed E-state index contributed by atoms with van der Waals surface area (Å²) in [5.74, 6) is 0.503. The Morgan fingerprint density at radius 1 is 1.07 bits per heavy atom. The van der Waals surface area contributed by atoms with Gasteiger partial charge in [-0.05, 0) is 72.3 Å². The van der Waals surface area contributed by atoms with E-state index >= 15 is 0 Å². The van der Waals surface area contributed by atoms with Crippen molar-refractivity contribution in [3.63, 3.8) is 0 Å². The first-order valence-electron chi connectivity index (χ1n) is 9.36. The first kappa shape index (κ1) is 20.2. The molecule has 0 spiro atoms. The predicted octanol–water partition coefficient (Wildman–Crippen LogP) is 3.96. The van der Waals surface area contributed by atoms with Gasteiger partial charge in [-0.3, -0.25) is 19.7 Å². The third kappa shape index (κ3) is 5.73. The van der Waals surface area contributed by atoms with Crippen molar-refractivity contribution in [2.75, 3.05) is 11.9 Å². The van der Waals surface area contributed by atoms with Crippen LogP contribution in [-0.4, -0.2) is 26.5 Å². The number of rotatable bonds is 8. The molecule has 0 saturated heterocycles. The third-order valence-corrected chi connectivity index (χ3v) is 4.94. The molecule has 0 atom stereocenters. The van der Waals surface area contributed by atoms with Gasteiger partial charge in [-0.2, -0.15) is 0 Å². The van der Waals surface area contributed by atoms with E-state index in [0.717, 1.165) is 47.2 Å². The Morgan fingerprint density at radius 3 is 2.64 bits per heavy atom. The second kappa shape index (κ2) is 9.59. The van der Waals surface area contributed by atoms with Gasteiger partial charge in [-0.15, -0.1) is 0 Å². The Labute approximate surface area is 173 Å². The number of unbranched alkanes of at least 4 members (excludes halogenated alkanes) is 1. The van der Waals surface area contributed by atoms with Gasteiger partial charge in [0.05, 0.1) is 0 Å². The van der Waals surface area contributed by atoms with Crippen LogP contribution in [0.3, 0.4) is 0 Å². The predicted molar refractivity (Wildman–Crippen MR) is 115 cm³/mol. The zero-order valence-electron chi connectivity index (χ0n) is 16.1. The summed E-state index contributed by atoms with van der Waals surface area (Å²) < 4.78 is 1.01. The highest BCUT2D eigenvalue weighted by molar-refractivity contribution is 9.10. The lowest BCUT2D eigenvalue weighted by molar-refractivity contribution is 0.741. The number of anilines is 1. The summed E-state index contributed by atoms with van der Waals surface area (Å²) in [6, 6.07) is 6.01. The van der Waals surface area contributed by atoms with Crippen LogP contribution in [0.5, 0.6) is 0 Å². The summed E-state index contributed by atoms with van der Waals surface area (Å²) in [4.78, 5) is 28.2. The highest BCUT2D eigenvalue weighted by Gasteiger charge is 2.05. The summed E-state index contributed by atoms with van der Waals surface area (Å²) in [7, 11) is 0. The van der Waals surface area contributed by atoms with Gasteiger partial charge in [0.1, 0.15) is 0 Å². The highest BCUT2D eigenvalue weighted by atomic mass is 79.9. The van der Waals surface area contributed by atoms with Gasteiger partial charge in [0.25, 0.3) is 5.56 Å². The lowest BCUT2D eigenvalue weighted by atomic mass is 10.1. The monoisotopic (exact) mass is 441 g/mol. The van der Waals surface area contributed by atoms with E-state index < -0.39 is 0 Å². The Bertz CT molecular complexity index is 985. The molecule has 28 heavy (non-hydrogen) atoms. The smallest absolute Gasteiger partial charge is 0.255 e. The highest BCUT2D eigenvalue weighted by Crippen LogP contribution is 2.14. The topological polar surface area (TPSA) is 83.6 Å². The number of nitrogens with zero attached hydrogens (tertiary/aromatic N) is 3. The molecule has 0 fully saturated rings. The summed E-state index contributed by atoms with van der Waals surface area (Å²) in [5, 5.41) is 3.18. The average Bonchev–Trinajstić information content (AvgIpc) is 2.67. The zero-order chi connectivity index (χ0) is 19.9. The van der Waals surface area contributed by atoms with Crippen molar-refractivity contribution in [3.05, 3.63) is 79.7 Å². The lowest BCUT2D eigenvalue weighted by Gasteiger charge is -2.07. The quantitative estimate of drug-likeness (QED) is 0.516. The second-order valence-electron chi connectivity index (χ2n) is 6.89.